The molecule has 4 nitrogen and oxygen atoms in total. The molecule has 112 valence electrons. The molecule has 0 saturated heterocycles. The first-order chi connectivity index (χ1) is 10.4. The second-order valence-electron chi connectivity index (χ2n) is 4.72. The van der Waals surface area contributed by atoms with Crippen molar-refractivity contribution in [2.45, 2.75) is 6.18 Å². The van der Waals surface area contributed by atoms with Crippen molar-refractivity contribution in [2.75, 3.05) is 0 Å². The van der Waals surface area contributed by atoms with Gasteiger partial charge in [-0.3, -0.25) is 5.10 Å². The number of fused-ring (bicyclic) bond motifs is 1. The first-order valence-electron chi connectivity index (χ1n) is 6.25. The fourth-order valence-electron chi connectivity index (χ4n) is 2.22. The summed E-state index contributed by atoms with van der Waals surface area (Å²) in [6.45, 7) is 0. The van der Waals surface area contributed by atoms with Gasteiger partial charge in [-0.15, -0.1) is 0 Å². The number of nitrogens with zero attached hydrogens (tertiary/aromatic N) is 1. The van der Waals surface area contributed by atoms with Gasteiger partial charge in [-0.1, -0.05) is 12.1 Å². The van der Waals surface area contributed by atoms with Crippen molar-refractivity contribution >= 4 is 16.9 Å². The van der Waals surface area contributed by atoms with E-state index in [0.717, 1.165) is 12.1 Å². The average molecular weight is 306 g/mol. The lowest BCUT2D eigenvalue weighted by Gasteiger charge is -2.07. The molecule has 2 aromatic carbocycles. The van der Waals surface area contributed by atoms with Gasteiger partial charge in [0, 0.05) is 10.9 Å². The number of carboxylic acid groups (broad SMARTS) is 1. The standard InChI is InChI=1S/C15H9F3N2O2/c16-15(17,18)10-3-1-2-8(6-10)13-11-5-4-9(14(21)22)7-12(11)19-20-13/h1-7H,(H,19,20)(H,21,22). The predicted molar refractivity (Wildman–Crippen MR) is 73.5 cm³/mol. The average Bonchev–Trinajstić information content (AvgIpc) is 2.89. The van der Waals surface area contributed by atoms with Crippen molar-refractivity contribution in [2.24, 2.45) is 0 Å². The van der Waals surface area contributed by atoms with E-state index in [9.17, 15) is 18.0 Å². The highest BCUT2D eigenvalue weighted by Crippen LogP contribution is 2.33. The molecule has 3 aromatic rings. The highest BCUT2D eigenvalue weighted by molar-refractivity contribution is 5.98. The largest absolute Gasteiger partial charge is 0.478 e. The minimum absolute atomic E-state index is 0.0757. The summed E-state index contributed by atoms with van der Waals surface area (Å²) in [6, 6.07) is 9.14. The van der Waals surface area contributed by atoms with Crippen molar-refractivity contribution in [3.63, 3.8) is 0 Å². The minimum atomic E-state index is -4.43. The number of aromatic nitrogens is 2. The topological polar surface area (TPSA) is 66.0 Å². The highest BCUT2D eigenvalue weighted by Gasteiger charge is 2.30. The maximum Gasteiger partial charge on any atom is 0.416 e. The molecule has 1 heterocycles. The van der Waals surface area contributed by atoms with Crippen LogP contribution in [0.25, 0.3) is 22.2 Å². The van der Waals surface area contributed by atoms with Crippen LogP contribution in [0.2, 0.25) is 0 Å². The number of carbonyl (C=O) groups is 1. The maximum absolute atomic E-state index is 12.8. The van der Waals surface area contributed by atoms with E-state index in [1.807, 2.05) is 0 Å². The monoisotopic (exact) mass is 306 g/mol. The van der Waals surface area contributed by atoms with Crippen LogP contribution in [-0.2, 0) is 6.18 Å². The van der Waals surface area contributed by atoms with Crippen molar-refractivity contribution in [3.8, 4) is 11.3 Å². The number of rotatable bonds is 2. The van der Waals surface area contributed by atoms with E-state index in [-0.39, 0.29) is 5.56 Å². The SMILES string of the molecule is O=C(O)c1ccc2c(-c3cccc(C(F)(F)F)c3)n[nH]c2c1. The Balaban J connectivity index is 2.13. The Kier molecular flexibility index (Phi) is 3.13. The lowest BCUT2D eigenvalue weighted by atomic mass is 10.0. The summed E-state index contributed by atoms with van der Waals surface area (Å²) in [7, 11) is 0. The minimum Gasteiger partial charge on any atom is -0.478 e. The third-order valence-electron chi connectivity index (χ3n) is 3.27. The second-order valence-corrected chi connectivity index (χ2v) is 4.72. The Bertz CT molecular complexity index is 869. The molecule has 0 unspecified atom stereocenters. The molecule has 0 aliphatic rings. The molecular weight excluding hydrogens is 297 g/mol. The van der Waals surface area contributed by atoms with Gasteiger partial charge in [0.25, 0.3) is 0 Å². The Hall–Kier alpha value is -2.83. The number of hydrogen-bond acceptors (Lipinski definition) is 2. The molecule has 0 spiro atoms. The first-order valence-corrected chi connectivity index (χ1v) is 6.25. The Morgan fingerprint density at radius 3 is 2.59 bits per heavy atom. The summed E-state index contributed by atoms with van der Waals surface area (Å²) in [4.78, 5) is 10.9. The van der Waals surface area contributed by atoms with E-state index < -0.39 is 17.7 Å². The molecule has 1 aromatic heterocycles. The van der Waals surface area contributed by atoms with Crippen LogP contribution in [-0.4, -0.2) is 21.3 Å². The van der Waals surface area contributed by atoms with Crippen LogP contribution in [0.5, 0.6) is 0 Å². The number of nitrogens with one attached hydrogen (secondary N) is 1. The molecular formula is C15H9F3N2O2. The molecule has 0 aliphatic heterocycles. The lowest BCUT2D eigenvalue weighted by Crippen LogP contribution is -2.04. The van der Waals surface area contributed by atoms with Crippen molar-refractivity contribution < 1.29 is 23.1 Å². The summed E-state index contributed by atoms with van der Waals surface area (Å²) in [6.07, 6.45) is -4.43. The van der Waals surface area contributed by atoms with Crippen LogP contribution < -0.4 is 0 Å². The number of H-pyrrole nitrogens is 1. The van der Waals surface area contributed by atoms with E-state index in [1.54, 1.807) is 0 Å². The van der Waals surface area contributed by atoms with Crippen LogP contribution in [0, 0.1) is 0 Å². The van der Waals surface area contributed by atoms with Gasteiger partial charge < -0.3 is 5.11 Å². The van der Waals surface area contributed by atoms with Gasteiger partial charge in [-0.25, -0.2) is 4.79 Å². The lowest BCUT2D eigenvalue weighted by molar-refractivity contribution is -0.137. The zero-order valence-electron chi connectivity index (χ0n) is 11.0. The number of aromatic carboxylic acids is 1. The van der Waals surface area contributed by atoms with Gasteiger partial charge in [0.05, 0.1) is 22.3 Å². The van der Waals surface area contributed by atoms with E-state index >= 15 is 0 Å². The van der Waals surface area contributed by atoms with Crippen molar-refractivity contribution in [3.05, 3.63) is 53.6 Å². The molecule has 0 bridgehead atoms. The number of alkyl halides is 3. The van der Waals surface area contributed by atoms with E-state index in [2.05, 4.69) is 10.2 Å². The molecule has 0 fully saturated rings. The molecule has 0 aliphatic carbocycles. The molecule has 22 heavy (non-hydrogen) atoms. The quantitative estimate of drug-likeness (QED) is 0.753. The molecule has 0 saturated carbocycles. The number of benzene rings is 2. The van der Waals surface area contributed by atoms with Crippen LogP contribution in [0.4, 0.5) is 13.2 Å². The summed E-state index contributed by atoms with van der Waals surface area (Å²) in [5.41, 5.74) is 0.421. The van der Waals surface area contributed by atoms with E-state index in [0.29, 0.717) is 22.2 Å². The number of aromatic amines is 1. The van der Waals surface area contributed by atoms with Crippen molar-refractivity contribution in [1.29, 1.82) is 0 Å². The number of hydrogen-bond donors (Lipinski definition) is 2. The number of halogens is 3. The molecule has 0 radical (unpaired) electrons. The van der Waals surface area contributed by atoms with Crippen LogP contribution in [0.15, 0.2) is 42.5 Å². The van der Waals surface area contributed by atoms with Gasteiger partial charge in [0.15, 0.2) is 0 Å². The summed E-state index contributed by atoms with van der Waals surface area (Å²) in [5, 5.41) is 16.1. The number of carboxylic acids is 1. The fraction of sp³-hybridized carbons (Fsp3) is 0.0667. The Labute approximate surface area is 122 Å². The van der Waals surface area contributed by atoms with Gasteiger partial charge in [0.1, 0.15) is 0 Å². The zero-order valence-corrected chi connectivity index (χ0v) is 11.0. The van der Waals surface area contributed by atoms with Gasteiger partial charge >= 0.3 is 12.1 Å². The van der Waals surface area contributed by atoms with Crippen LogP contribution in [0.1, 0.15) is 15.9 Å². The van der Waals surface area contributed by atoms with E-state index in [1.165, 1.54) is 30.3 Å². The predicted octanol–water partition coefficient (Wildman–Crippen LogP) is 3.95. The van der Waals surface area contributed by atoms with Crippen LogP contribution >= 0.6 is 0 Å². The fourth-order valence-corrected chi connectivity index (χ4v) is 2.22. The molecule has 0 amide bonds. The van der Waals surface area contributed by atoms with Gasteiger partial charge in [-0.2, -0.15) is 18.3 Å². The van der Waals surface area contributed by atoms with Crippen molar-refractivity contribution in [1.82, 2.24) is 10.2 Å². The van der Waals surface area contributed by atoms with Gasteiger partial charge in [-0.05, 0) is 30.3 Å². The normalized spacial score (nSPS) is 11.8. The summed E-state index contributed by atoms with van der Waals surface area (Å²) < 4.78 is 38.3. The molecule has 0 atom stereocenters. The second kappa shape index (κ2) is 4.87. The highest BCUT2D eigenvalue weighted by atomic mass is 19.4. The first kappa shape index (κ1) is 14.1. The summed E-state index contributed by atoms with van der Waals surface area (Å²) >= 11 is 0. The third-order valence-corrected chi connectivity index (χ3v) is 3.27. The van der Waals surface area contributed by atoms with Crippen LogP contribution in [0.3, 0.4) is 0 Å². The smallest absolute Gasteiger partial charge is 0.416 e. The third kappa shape index (κ3) is 2.41. The Morgan fingerprint density at radius 2 is 1.91 bits per heavy atom. The zero-order chi connectivity index (χ0) is 15.9. The maximum atomic E-state index is 12.8. The molecule has 7 heteroatoms. The molecule has 2 N–H and O–H groups in total. The Morgan fingerprint density at radius 1 is 1.14 bits per heavy atom. The van der Waals surface area contributed by atoms with E-state index in [4.69, 9.17) is 5.11 Å². The van der Waals surface area contributed by atoms with Gasteiger partial charge in [0.2, 0.25) is 0 Å². The molecule has 3 rings (SSSR count). The summed E-state index contributed by atoms with van der Waals surface area (Å²) in [5.74, 6) is -1.09.